The first-order chi connectivity index (χ1) is 10.8. The molecule has 114 valence electrons. The number of anilines is 1. The Balaban J connectivity index is 1.42. The smallest absolute Gasteiger partial charge is 0.298 e. The van der Waals surface area contributed by atoms with E-state index in [9.17, 15) is 0 Å². The fraction of sp³-hybridized carbons (Fsp3) is 0.375. The van der Waals surface area contributed by atoms with Gasteiger partial charge in [0.15, 0.2) is 5.58 Å². The Morgan fingerprint density at radius 2 is 1.95 bits per heavy atom. The van der Waals surface area contributed by atoms with E-state index in [1.165, 1.54) is 0 Å². The van der Waals surface area contributed by atoms with Crippen molar-refractivity contribution in [1.82, 2.24) is 19.4 Å². The van der Waals surface area contributed by atoms with Crippen molar-refractivity contribution in [2.45, 2.75) is 6.54 Å². The van der Waals surface area contributed by atoms with E-state index >= 15 is 0 Å². The monoisotopic (exact) mass is 297 g/mol. The Hall–Kier alpha value is -2.34. The van der Waals surface area contributed by atoms with Crippen LogP contribution in [-0.2, 0) is 13.6 Å². The minimum atomic E-state index is 0.734. The molecule has 0 unspecified atom stereocenters. The average molecular weight is 297 g/mol. The predicted octanol–water partition coefficient (Wildman–Crippen LogP) is 1.88. The number of hydrogen-bond acceptors (Lipinski definition) is 5. The number of benzene rings is 1. The molecule has 0 aliphatic carbocycles. The normalized spacial score (nSPS) is 16.5. The van der Waals surface area contributed by atoms with Gasteiger partial charge in [-0.25, -0.2) is 4.98 Å². The van der Waals surface area contributed by atoms with E-state index < -0.39 is 0 Å². The van der Waals surface area contributed by atoms with Crippen LogP contribution in [0.25, 0.3) is 11.1 Å². The maximum atomic E-state index is 5.85. The lowest BCUT2D eigenvalue weighted by atomic mass is 10.3. The van der Waals surface area contributed by atoms with Crippen molar-refractivity contribution in [3.63, 3.8) is 0 Å². The lowest BCUT2D eigenvalue weighted by Gasteiger charge is -2.33. The van der Waals surface area contributed by atoms with Crippen LogP contribution in [0.15, 0.2) is 41.1 Å². The molecule has 1 aliphatic heterocycles. The van der Waals surface area contributed by atoms with Crippen LogP contribution in [0.1, 0.15) is 5.82 Å². The summed E-state index contributed by atoms with van der Waals surface area (Å²) in [6.07, 6.45) is 3.84. The molecule has 0 radical (unpaired) electrons. The predicted molar refractivity (Wildman–Crippen MR) is 84.7 cm³/mol. The van der Waals surface area contributed by atoms with Crippen molar-refractivity contribution in [3.05, 3.63) is 42.5 Å². The number of imidazole rings is 1. The van der Waals surface area contributed by atoms with Crippen LogP contribution in [0.4, 0.5) is 6.01 Å². The van der Waals surface area contributed by atoms with Gasteiger partial charge < -0.3 is 13.9 Å². The Labute approximate surface area is 129 Å². The topological polar surface area (TPSA) is 50.3 Å². The second kappa shape index (κ2) is 5.46. The highest BCUT2D eigenvalue weighted by molar-refractivity contribution is 5.74. The number of hydrogen-bond donors (Lipinski definition) is 0. The number of piperazine rings is 1. The summed E-state index contributed by atoms with van der Waals surface area (Å²) in [7, 11) is 2.04. The largest absolute Gasteiger partial charge is 0.423 e. The summed E-state index contributed by atoms with van der Waals surface area (Å²) in [5.74, 6) is 1.11. The summed E-state index contributed by atoms with van der Waals surface area (Å²) >= 11 is 0. The number of oxazole rings is 1. The Bertz CT molecular complexity index is 737. The molecule has 0 saturated carbocycles. The second-order valence-electron chi connectivity index (χ2n) is 5.68. The van der Waals surface area contributed by atoms with Gasteiger partial charge in [0.05, 0.1) is 6.54 Å². The maximum Gasteiger partial charge on any atom is 0.298 e. The summed E-state index contributed by atoms with van der Waals surface area (Å²) < 4.78 is 7.92. The molecule has 0 spiro atoms. The molecule has 0 N–H and O–H groups in total. The number of aryl methyl sites for hydroxylation is 1. The van der Waals surface area contributed by atoms with Crippen molar-refractivity contribution < 1.29 is 4.42 Å². The van der Waals surface area contributed by atoms with Gasteiger partial charge in [0.25, 0.3) is 6.01 Å². The fourth-order valence-electron chi connectivity index (χ4n) is 2.84. The molecule has 1 aliphatic rings. The van der Waals surface area contributed by atoms with E-state index in [2.05, 4.69) is 24.3 Å². The minimum Gasteiger partial charge on any atom is -0.423 e. The zero-order chi connectivity index (χ0) is 14.9. The molecule has 0 bridgehead atoms. The summed E-state index contributed by atoms with van der Waals surface area (Å²) in [6, 6.07) is 8.64. The summed E-state index contributed by atoms with van der Waals surface area (Å²) in [6.45, 7) is 4.73. The Morgan fingerprint density at radius 1 is 1.14 bits per heavy atom. The highest BCUT2D eigenvalue weighted by atomic mass is 16.4. The third-order valence-corrected chi connectivity index (χ3v) is 4.21. The molecule has 1 aromatic carbocycles. The van der Waals surface area contributed by atoms with E-state index in [-0.39, 0.29) is 0 Å². The van der Waals surface area contributed by atoms with Gasteiger partial charge in [-0.05, 0) is 12.1 Å². The standard InChI is InChI=1S/C16H19N5O/c1-19-7-6-17-15(19)12-20-8-10-21(11-9-20)16-18-13-4-2-3-5-14(13)22-16/h2-7H,8-12H2,1H3. The van der Waals surface area contributed by atoms with Crippen LogP contribution in [0.3, 0.4) is 0 Å². The van der Waals surface area contributed by atoms with Crippen LogP contribution in [-0.4, -0.2) is 45.6 Å². The second-order valence-corrected chi connectivity index (χ2v) is 5.68. The first-order valence-corrected chi connectivity index (χ1v) is 7.59. The van der Waals surface area contributed by atoms with Crippen molar-refractivity contribution in [2.24, 2.45) is 7.05 Å². The van der Waals surface area contributed by atoms with Crippen LogP contribution in [0, 0.1) is 0 Å². The van der Waals surface area contributed by atoms with Crippen molar-refractivity contribution in [1.29, 1.82) is 0 Å². The van der Waals surface area contributed by atoms with E-state index in [1.54, 1.807) is 0 Å². The highest BCUT2D eigenvalue weighted by Crippen LogP contribution is 2.22. The maximum absolute atomic E-state index is 5.85. The fourth-order valence-corrected chi connectivity index (χ4v) is 2.84. The van der Waals surface area contributed by atoms with Crippen LogP contribution >= 0.6 is 0 Å². The van der Waals surface area contributed by atoms with E-state index in [4.69, 9.17) is 4.42 Å². The van der Waals surface area contributed by atoms with Crippen LogP contribution in [0.5, 0.6) is 0 Å². The van der Waals surface area contributed by atoms with Gasteiger partial charge in [-0.3, -0.25) is 4.90 Å². The summed E-state index contributed by atoms with van der Waals surface area (Å²) in [5, 5.41) is 0. The molecule has 0 atom stereocenters. The van der Waals surface area contributed by atoms with Crippen molar-refractivity contribution in [2.75, 3.05) is 31.1 Å². The van der Waals surface area contributed by atoms with Gasteiger partial charge in [-0.15, -0.1) is 0 Å². The average Bonchev–Trinajstić information content (AvgIpc) is 3.15. The first kappa shape index (κ1) is 13.3. The number of aromatic nitrogens is 3. The number of fused-ring (bicyclic) bond motifs is 1. The van der Waals surface area contributed by atoms with Crippen molar-refractivity contribution >= 4 is 17.1 Å². The van der Waals surface area contributed by atoms with Gasteiger partial charge in [-0.1, -0.05) is 12.1 Å². The zero-order valence-electron chi connectivity index (χ0n) is 12.6. The molecule has 3 heterocycles. The highest BCUT2D eigenvalue weighted by Gasteiger charge is 2.21. The molecule has 6 nitrogen and oxygen atoms in total. The van der Waals surface area contributed by atoms with Gasteiger partial charge in [0.1, 0.15) is 11.3 Å². The molecule has 0 amide bonds. The Kier molecular flexibility index (Phi) is 3.31. The third-order valence-electron chi connectivity index (χ3n) is 4.21. The lowest BCUT2D eigenvalue weighted by molar-refractivity contribution is 0.238. The van der Waals surface area contributed by atoms with Gasteiger partial charge in [0.2, 0.25) is 0 Å². The number of rotatable bonds is 3. The minimum absolute atomic E-state index is 0.734. The lowest BCUT2D eigenvalue weighted by Crippen LogP contribution is -2.46. The van der Waals surface area contributed by atoms with E-state index in [0.29, 0.717) is 0 Å². The van der Waals surface area contributed by atoms with E-state index in [0.717, 1.165) is 55.7 Å². The molecule has 1 fully saturated rings. The zero-order valence-corrected chi connectivity index (χ0v) is 12.6. The molecule has 22 heavy (non-hydrogen) atoms. The number of para-hydroxylation sites is 2. The summed E-state index contributed by atoms with van der Waals surface area (Å²) in [4.78, 5) is 13.6. The molecule has 4 rings (SSSR count). The number of nitrogens with zero attached hydrogens (tertiary/aromatic N) is 5. The van der Waals surface area contributed by atoms with Crippen LogP contribution in [0.2, 0.25) is 0 Å². The van der Waals surface area contributed by atoms with Crippen molar-refractivity contribution in [3.8, 4) is 0 Å². The van der Waals surface area contributed by atoms with Gasteiger partial charge in [-0.2, -0.15) is 4.98 Å². The first-order valence-electron chi connectivity index (χ1n) is 7.59. The molecule has 1 saturated heterocycles. The molecule has 6 heteroatoms. The van der Waals surface area contributed by atoms with E-state index in [1.807, 2.05) is 43.7 Å². The van der Waals surface area contributed by atoms with Gasteiger partial charge >= 0.3 is 0 Å². The SMILES string of the molecule is Cn1ccnc1CN1CCN(c2nc3ccccc3o2)CC1. The summed E-state index contributed by atoms with van der Waals surface area (Å²) in [5.41, 5.74) is 1.78. The van der Waals surface area contributed by atoms with Gasteiger partial charge in [0, 0.05) is 45.6 Å². The Morgan fingerprint density at radius 3 is 2.68 bits per heavy atom. The molecular formula is C16H19N5O. The quantitative estimate of drug-likeness (QED) is 0.739. The molecule has 2 aromatic heterocycles. The molecule has 3 aromatic rings. The third kappa shape index (κ3) is 2.46. The molecular weight excluding hydrogens is 278 g/mol. The van der Waals surface area contributed by atoms with Crippen LogP contribution < -0.4 is 4.90 Å².